The number of halogens is 4. The number of aromatic nitrogens is 1. The van der Waals surface area contributed by atoms with E-state index >= 15 is 0 Å². The van der Waals surface area contributed by atoms with Gasteiger partial charge in [-0.1, -0.05) is 35.3 Å². The zero-order valence-corrected chi connectivity index (χ0v) is 14.7. The van der Waals surface area contributed by atoms with Crippen molar-refractivity contribution in [3.05, 3.63) is 57.8 Å². The molecule has 1 aliphatic rings. The van der Waals surface area contributed by atoms with Crippen LogP contribution in [0.25, 0.3) is 0 Å². The number of carbonyl (C=O) groups excluding carboxylic acids is 1. The monoisotopic (exact) mass is 406 g/mol. The van der Waals surface area contributed by atoms with Crippen LogP contribution in [0.2, 0.25) is 10.2 Å². The zero-order valence-electron chi connectivity index (χ0n) is 12.3. The Labute approximate surface area is 152 Å². The van der Waals surface area contributed by atoms with Gasteiger partial charge in [0.1, 0.15) is 10.0 Å². The molecule has 0 spiro atoms. The van der Waals surface area contributed by atoms with Crippen LogP contribution >= 0.6 is 23.2 Å². The average Bonchev–Trinajstić information content (AvgIpc) is 3.32. The Morgan fingerprint density at radius 1 is 1.28 bits per heavy atom. The molecule has 1 fully saturated rings. The molecule has 1 N–H and O–H groups in total. The Morgan fingerprint density at radius 2 is 2.00 bits per heavy atom. The van der Waals surface area contributed by atoms with Crippen LogP contribution in [0.1, 0.15) is 17.9 Å². The molecule has 25 heavy (non-hydrogen) atoms. The molecule has 1 aliphatic carbocycles. The summed E-state index contributed by atoms with van der Waals surface area (Å²) in [6.45, 7) is 0. The van der Waals surface area contributed by atoms with Gasteiger partial charge in [0.05, 0.1) is 5.02 Å². The lowest BCUT2D eigenvalue weighted by atomic mass is 10.1. The molecule has 0 radical (unpaired) electrons. The summed E-state index contributed by atoms with van der Waals surface area (Å²) >= 11 is 11.3. The quantitative estimate of drug-likeness (QED) is 0.790. The highest BCUT2D eigenvalue weighted by molar-refractivity contribution is 7.90. The normalized spacial score (nSPS) is 19.5. The minimum atomic E-state index is -4.20. The minimum absolute atomic E-state index is 0.0498. The fourth-order valence-corrected chi connectivity index (χ4v) is 3.79. The SMILES string of the molecule is O=C(NS(=O)(=O)c1cnc(Cl)c(Cl)c1)[C@H]1C[C@H]1c1cccc(F)c1F. The van der Waals surface area contributed by atoms with Gasteiger partial charge in [0.25, 0.3) is 10.0 Å². The first-order valence-corrected chi connectivity index (χ1v) is 9.26. The van der Waals surface area contributed by atoms with Crippen molar-refractivity contribution in [1.82, 2.24) is 9.71 Å². The van der Waals surface area contributed by atoms with Crippen LogP contribution in [-0.4, -0.2) is 19.3 Å². The van der Waals surface area contributed by atoms with Crippen molar-refractivity contribution >= 4 is 39.1 Å². The number of nitrogens with one attached hydrogen (secondary N) is 1. The molecule has 2 aromatic rings. The van der Waals surface area contributed by atoms with Crippen LogP contribution in [0.4, 0.5) is 8.78 Å². The molecule has 0 unspecified atom stereocenters. The van der Waals surface area contributed by atoms with Crippen molar-refractivity contribution in [3.63, 3.8) is 0 Å². The first-order chi connectivity index (χ1) is 11.7. The summed E-state index contributed by atoms with van der Waals surface area (Å²) in [4.78, 5) is 15.4. The summed E-state index contributed by atoms with van der Waals surface area (Å²) < 4.78 is 53.3. The van der Waals surface area contributed by atoms with Gasteiger partial charge in [0.2, 0.25) is 5.91 Å². The van der Waals surface area contributed by atoms with Crippen LogP contribution in [0.3, 0.4) is 0 Å². The number of amides is 1. The number of hydrogen-bond donors (Lipinski definition) is 1. The second-order valence-corrected chi connectivity index (χ2v) is 7.95. The molecule has 1 aromatic heterocycles. The van der Waals surface area contributed by atoms with Crippen LogP contribution in [0, 0.1) is 17.6 Å². The Hall–Kier alpha value is -1.77. The van der Waals surface area contributed by atoms with E-state index < -0.39 is 39.4 Å². The van der Waals surface area contributed by atoms with Gasteiger partial charge in [-0.25, -0.2) is 26.9 Å². The molecule has 1 aromatic carbocycles. The maximum Gasteiger partial charge on any atom is 0.265 e. The number of carbonyl (C=O) groups is 1. The molecule has 0 saturated heterocycles. The number of sulfonamides is 1. The molecule has 10 heteroatoms. The predicted molar refractivity (Wildman–Crippen MR) is 86.8 cm³/mol. The van der Waals surface area contributed by atoms with Crippen molar-refractivity contribution in [2.24, 2.45) is 5.92 Å². The van der Waals surface area contributed by atoms with Gasteiger partial charge in [-0.05, 0) is 30.0 Å². The Morgan fingerprint density at radius 3 is 2.68 bits per heavy atom. The lowest BCUT2D eigenvalue weighted by molar-refractivity contribution is -0.120. The van der Waals surface area contributed by atoms with E-state index in [-0.39, 0.29) is 27.1 Å². The second-order valence-electron chi connectivity index (χ2n) is 5.51. The summed E-state index contributed by atoms with van der Waals surface area (Å²) in [5.74, 6) is -4.18. The molecular weight excluding hydrogens is 397 g/mol. The predicted octanol–water partition coefficient (Wildman–Crippen LogP) is 3.28. The van der Waals surface area contributed by atoms with Crippen molar-refractivity contribution in [2.75, 3.05) is 0 Å². The highest BCUT2D eigenvalue weighted by atomic mass is 35.5. The molecule has 0 bridgehead atoms. The van der Waals surface area contributed by atoms with Gasteiger partial charge < -0.3 is 0 Å². The van der Waals surface area contributed by atoms with Crippen LogP contribution in [0.5, 0.6) is 0 Å². The molecule has 1 saturated carbocycles. The van der Waals surface area contributed by atoms with Gasteiger partial charge in [-0.15, -0.1) is 0 Å². The lowest BCUT2D eigenvalue weighted by Crippen LogP contribution is -2.32. The smallest absolute Gasteiger partial charge is 0.265 e. The van der Waals surface area contributed by atoms with Gasteiger partial charge in [0, 0.05) is 12.1 Å². The summed E-state index contributed by atoms with van der Waals surface area (Å²) in [6.07, 6.45) is 1.18. The number of hydrogen-bond acceptors (Lipinski definition) is 4. The van der Waals surface area contributed by atoms with Crippen molar-refractivity contribution in [1.29, 1.82) is 0 Å². The third-order valence-electron chi connectivity index (χ3n) is 3.82. The van der Waals surface area contributed by atoms with E-state index in [0.717, 1.165) is 18.3 Å². The van der Waals surface area contributed by atoms with E-state index in [1.54, 1.807) is 0 Å². The van der Waals surface area contributed by atoms with Crippen molar-refractivity contribution in [3.8, 4) is 0 Å². The van der Waals surface area contributed by atoms with Crippen molar-refractivity contribution < 1.29 is 22.0 Å². The Bertz CT molecular complexity index is 969. The van der Waals surface area contributed by atoms with Gasteiger partial charge in [0.15, 0.2) is 11.6 Å². The molecule has 1 heterocycles. The van der Waals surface area contributed by atoms with E-state index in [4.69, 9.17) is 23.2 Å². The fraction of sp³-hybridized carbons (Fsp3) is 0.200. The third kappa shape index (κ3) is 3.61. The summed E-state index contributed by atoms with van der Waals surface area (Å²) in [5.41, 5.74) is 0.0498. The second kappa shape index (κ2) is 6.51. The number of benzene rings is 1. The third-order valence-corrected chi connectivity index (χ3v) is 5.82. The van der Waals surface area contributed by atoms with Crippen LogP contribution in [-0.2, 0) is 14.8 Å². The minimum Gasteiger partial charge on any atom is -0.274 e. The summed E-state index contributed by atoms with van der Waals surface area (Å²) in [5, 5.41) is -0.154. The van der Waals surface area contributed by atoms with E-state index in [1.807, 2.05) is 4.72 Å². The average molecular weight is 407 g/mol. The molecule has 132 valence electrons. The topological polar surface area (TPSA) is 76.1 Å². The largest absolute Gasteiger partial charge is 0.274 e. The van der Waals surface area contributed by atoms with E-state index in [1.165, 1.54) is 12.1 Å². The first-order valence-electron chi connectivity index (χ1n) is 7.02. The Balaban J connectivity index is 1.75. The molecular formula is C15H10Cl2F2N2O3S. The summed E-state index contributed by atoms with van der Waals surface area (Å²) in [6, 6.07) is 4.73. The zero-order chi connectivity index (χ0) is 18.4. The van der Waals surface area contributed by atoms with Crippen LogP contribution in [0.15, 0.2) is 35.4 Å². The number of rotatable bonds is 4. The van der Waals surface area contributed by atoms with E-state index in [0.29, 0.717) is 0 Å². The highest BCUT2D eigenvalue weighted by Crippen LogP contribution is 2.48. The van der Waals surface area contributed by atoms with Gasteiger partial charge in [-0.3, -0.25) is 4.79 Å². The first kappa shape index (κ1) is 18.0. The maximum atomic E-state index is 13.8. The summed E-state index contributed by atoms with van der Waals surface area (Å²) in [7, 11) is -4.20. The highest BCUT2D eigenvalue weighted by Gasteiger charge is 2.46. The van der Waals surface area contributed by atoms with E-state index in [9.17, 15) is 22.0 Å². The number of pyridine rings is 1. The Kier molecular flexibility index (Phi) is 4.70. The lowest BCUT2D eigenvalue weighted by Gasteiger charge is -2.08. The van der Waals surface area contributed by atoms with Crippen LogP contribution < -0.4 is 4.72 Å². The van der Waals surface area contributed by atoms with E-state index in [2.05, 4.69) is 4.98 Å². The molecule has 0 aliphatic heterocycles. The van der Waals surface area contributed by atoms with Gasteiger partial charge >= 0.3 is 0 Å². The molecule has 2 atom stereocenters. The van der Waals surface area contributed by atoms with Gasteiger partial charge in [-0.2, -0.15) is 0 Å². The molecule has 1 amide bonds. The fourth-order valence-electron chi connectivity index (χ4n) is 2.45. The number of nitrogens with zero attached hydrogens (tertiary/aromatic N) is 1. The maximum absolute atomic E-state index is 13.8. The molecule has 3 rings (SSSR count). The molecule has 5 nitrogen and oxygen atoms in total. The standard InChI is InChI=1S/C15H10Cl2F2N2O3S/c16-11-4-7(6-20-14(11)17)25(23,24)21-15(22)10-5-9(10)8-2-1-3-12(18)13(8)19/h1-4,6,9-10H,5H2,(H,21,22)/t9-,10-/m0/s1. The van der Waals surface area contributed by atoms with Crippen molar-refractivity contribution in [2.45, 2.75) is 17.2 Å².